The minimum absolute atomic E-state index is 0.0247. The van der Waals surface area contributed by atoms with Gasteiger partial charge in [-0.2, -0.15) is 0 Å². The molecule has 3 N–H and O–H groups in total. The molecule has 1 aromatic heterocycles. The first kappa shape index (κ1) is 14.3. The molecule has 0 aliphatic carbocycles. The maximum atomic E-state index is 8.63. The highest BCUT2D eigenvalue weighted by molar-refractivity contribution is 9.10. The summed E-state index contributed by atoms with van der Waals surface area (Å²) in [5.74, 6) is 0.737. The predicted molar refractivity (Wildman–Crippen MR) is 80.0 cm³/mol. The molecule has 0 atom stereocenters. The summed E-state index contributed by atoms with van der Waals surface area (Å²) >= 11 is 3.46. The second-order valence-electron chi connectivity index (χ2n) is 4.26. The number of nitrogens with zero attached hydrogens (tertiary/aromatic N) is 2. The van der Waals surface area contributed by atoms with Crippen molar-refractivity contribution >= 4 is 21.8 Å². The highest BCUT2D eigenvalue weighted by atomic mass is 79.9. The van der Waals surface area contributed by atoms with Gasteiger partial charge in [0.2, 0.25) is 0 Å². The molecule has 0 unspecified atom stereocenters. The van der Waals surface area contributed by atoms with Gasteiger partial charge in [0.05, 0.1) is 4.47 Å². The van der Waals surface area contributed by atoms with Crippen molar-refractivity contribution in [2.75, 3.05) is 0 Å². The van der Waals surface area contributed by atoms with E-state index in [1.165, 1.54) is 0 Å². The monoisotopic (exact) mass is 335 g/mol. The molecule has 6 heteroatoms. The molecule has 20 heavy (non-hydrogen) atoms. The summed E-state index contributed by atoms with van der Waals surface area (Å²) in [5, 5.41) is 11.6. The Labute approximate surface area is 125 Å². The van der Waals surface area contributed by atoms with E-state index in [0.717, 1.165) is 21.3 Å². The lowest BCUT2D eigenvalue weighted by molar-refractivity contribution is 0.304. The van der Waals surface area contributed by atoms with Crippen LogP contribution in [0, 0.1) is 6.92 Å². The van der Waals surface area contributed by atoms with Crippen molar-refractivity contribution < 1.29 is 9.94 Å². The standard InChI is InChI=1S/C14H14BrN3O2/c1-9-2-3-13(11(15)6-9)20-8-10-4-5-17-12(7-10)14(16)18-19/h2-7,19H,8H2,1H3,(H2,16,18). The average Bonchev–Trinajstić information content (AvgIpc) is 2.46. The number of hydrogen-bond acceptors (Lipinski definition) is 4. The average molecular weight is 336 g/mol. The summed E-state index contributed by atoms with van der Waals surface area (Å²) in [6.45, 7) is 2.39. The minimum Gasteiger partial charge on any atom is -0.488 e. The van der Waals surface area contributed by atoms with E-state index in [0.29, 0.717) is 12.3 Å². The normalized spacial score (nSPS) is 11.4. The van der Waals surface area contributed by atoms with Gasteiger partial charge in [-0.15, -0.1) is 0 Å². The molecule has 2 rings (SSSR count). The van der Waals surface area contributed by atoms with Crippen LogP contribution in [0.4, 0.5) is 0 Å². The molecular formula is C14H14BrN3O2. The van der Waals surface area contributed by atoms with Crippen molar-refractivity contribution in [3.05, 3.63) is 57.8 Å². The van der Waals surface area contributed by atoms with Gasteiger partial charge in [-0.1, -0.05) is 11.2 Å². The molecule has 0 bridgehead atoms. The number of benzene rings is 1. The van der Waals surface area contributed by atoms with Gasteiger partial charge >= 0.3 is 0 Å². The van der Waals surface area contributed by atoms with Gasteiger partial charge in [0, 0.05) is 6.20 Å². The van der Waals surface area contributed by atoms with Crippen molar-refractivity contribution in [1.29, 1.82) is 0 Å². The van der Waals surface area contributed by atoms with Crippen LogP contribution in [0.1, 0.15) is 16.8 Å². The van der Waals surface area contributed by atoms with Crippen molar-refractivity contribution in [3.8, 4) is 5.75 Å². The quantitative estimate of drug-likeness (QED) is 0.389. The largest absolute Gasteiger partial charge is 0.488 e. The van der Waals surface area contributed by atoms with Gasteiger partial charge in [-0.3, -0.25) is 4.98 Å². The highest BCUT2D eigenvalue weighted by Crippen LogP contribution is 2.26. The minimum atomic E-state index is -0.0247. The Balaban J connectivity index is 2.11. The van der Waals surface area contributed by atoms with Crippen LogP contribution in [0.15, 0.2) is 46.2 Å². The summed E-state index contributed by atoms with van der Waals surface area (Å²) in [6, 6.07) is 9.41. The van der Waals surface area contributed by atoms with Crippen LogP contribution in [-0.2, 0) is 6.61 Å². The molecule has 0 saturated heterocycles. The van der Waals surface area contributed by atoms with E-state index in [9.17, 15) is 0 Å². The molecule has 0 saturated carbocycles. The fourth-order valence-electron chi connectivity index (χ4n) is 1.64. The number of aromatic nitrogens is 1. The molecule has 0 aliphatic rings. The van der Waals surface area contributed by atoms with E-state index in [-0.39, 0.29) is 5.84 Å². The van der Waals surface area contributed by atoms with Gasteiger partial charge < -0.3 is 15.7 Å². The Morgan fingerprint density at radius 3 is 2.90 bits per heavy atom. The number of halogens is 1. The summed E-state index contributed by atoms with van der Waals surface area (Å²) < 4.78 is 6.63. The highest BCUT2D eigenvalue weighted by Gasteiger charge is 2.05. The van der Waals surface area contributed by atoms with E-state index < -0.39 is 0 Å². The van der Waals surface area contributed by atoms with Crippen molar-refractivity contribution in [2.24, 2.45) is 10.9 Å². The molecule has 1 aromatic carbocycles. The number of nitrogens with two attached hydrogens (primary N) is 1. The number of hydrogen-bond donors (Lipinski definition) is 2. The van der Waals surface area contributed by atoms with Crippen LogP contribution in [0.5, 0.6) is 5.75 Å². The zero-order valence-corrected chi connectivity index (χ0v) is 12.5. The first-order valence-corrected chi connectivity index (χ1v) is 6.71. The Bertz CT molecular complexity index is 644. The molecule has 0 amide bonds. The second kappa shape index (κ2) is 6.38. The van der Waals surface area contributed by atoms with E-state index in [1.54, 1.807) is 12.3 Å². The topological polar surface area (TPSA) is 80.7 Å². The van der Waals surface area contributed by atoms with Gasteiger partial charge in [-0.25, -0.2) is 0 Å². The zero-order valence-electron chi connectivity index (χ0n) is 10.9. The van der Waals surface area contributed by atoms with Crippen molar-refractivity contribution in [2.45, 2.75) is 13.5 Å². The smallest absolute Gasteiger partial charge is 0.188 e. The molecular weight excluding hydrogens is 322 g/mol. The molecule has 0 radical (unpaired) electrons. The van der Waals surface area contributed by atoms with E-state index in [4.69, 9.17) is 15.7 Å². The lowest BCUT2D eigenvalue weighted by atomic mass is 10.2. The number of amidine groups is 1. The number of aryl methyl sites for hydroxylation is 1. The van der Waals surface area contributed by atoms with Gasteiger partial charge in [0.15, 0.2) is 5.84 Å². The lowest BCUT2D eigenvalue weighted by Crippen LogP contribution is -2.15. The molecule has 2 aromatic rings. The summed E-state index contributed by atoms with van der Waals surface area (Å²) in [7, 11) is 0. The molecule has 5 nitrogen and oxygen atoms in total. The summed E-state index contributed by atoms with van der Waals surface area (Å²) in [4.78, 5) is 4.01. The van der Waals surface area contributed by atoms with Crippen LogP contribution >= 0.6 is 15.9 Å². The molecule has 1 heterocycles. The second-order valence-corrected chi connectivity index (χ2v) is 5.11. The SMILES string of the molecule is Cc1ccc(OCc2ccnc(C(N)=NO)c2)c(Br)c1. The van der Waals surface area contributed by atoms with E-state index in [2.05, 4.69) is 26.1 Å². The number of rotatable bonds is 4. The van der Waals surface area contributed by atoms with Gasteiger partial charge in [-0.05, 0) is 58.2 Å². The number of pyridine rings is 1. The third kappa shape index (κ3) is 3.48. The van der Waals surface area contributed by atoms with E-state index >= 15 is 0 Å². The fourth-order valence-corrected chi connectivity index (χ4v) is 2.25. The maximum Gasteiger partial charge on any atom is 0.188 e. The third-order valence-corrected chi connectivity index (χ3v) is 3.30. The third-order valence-electron chi connectivity index (χ3n) is 2.68. The number of ether oxygens (including phenoxy) is 1. The summed E-state index contributed by atoms with van der Waals surface area (Å²) in [6.07, 6.45) is 1.59. The van der Waals surface area contributed by atoms with Crippen molar-refractivity contribution in [1.82, 2.24) is 4.98 Å². The molecule has 0 aliphatic heterocycles. The van der Waals surface area contributed by atoms with Crippen LogP contribution in [0.2, 0.25) is 0 Å². The Hall–Kier alpha value is -2.08. The lowest BCUT2D eigenvalue weighted by Gasteiger charge is -2.09. The first-order valence-electron chi connectivity index (χ1n) is 5.92. The Morgan fingerprint density at radius 2 is 2.20 bits per heavy atom. The van der Waals surface area contributed by atoms with E-state index in [1.807, 2.05) is 31.2 Å². The molecule has 104 valence electrons. The Kier molecular flexibility index (Phi) is 4.57. The van der Waals surface area contributed by atoms with Crippen LogP contribution in [-0.4, -0.2) is 16.0 Å². The molecule has 0 fully saturated rings. The van der Waals surface area contributed by atoms with Crippen molar-refractivity contribution in [3.63, 3.8) is 0 Å². The summed E-state index contributed by atoms with van der Waals surface area (Å²) in [5.41, 5.74) is 7.95. The van der Waals surface area contributed by atoms with Gasteiger partial charge in [0.25, 0.3) is 0 Å². The van der Waals surface area contributed by atoms with Crippen LogP contribution in [0.3, 0.4) is 0 Å². The Morgan fingerprint density at radius 1 is 1.40 bits per heavy atom. The number of oxime groups is 1. The first-order chi connectivity index (χ1) is 9.60. The maximum absolute atomic E-state index is 8.63. The zero-order chi connectivity index (χ0) is 14.5. The predicted octanol–water partition coefficient (Wildman–Crippen LogP) is 2.83. The fraction of sp³-hybridized carbons (Fsp3) is 0.143. The van der Waals surface area contributed by atoms with Crippen LogP contribution in [0.25, 0.3) is 0 Å². The van der Waals surface area contributed by atoms with Crippen LogP contribution < -0.4 is 10.5 Å². The van der Waals surface area contributed by atoms with Gasteiger partial charge in [0.1, 0.15) is 18.1 Å². The molecule has 0 spiro atoms.